The molecule has 72 valence electrons. The molecule has 0 aliphatic rings. The summed E-state index contributed by atoms with van der Waals surface area (Å²) in [6.07, 6.45) is 0.587. The summed E-state index contributed by atoms with van der Waals surface area (Å²) in [6, 6.07) is 9.34. The lowest BCUT2D eigenvalue weighted by atomic mass is 10.1. The van der Waals surface area contributed by atoms with E-state index in [0.29, 0.717) is 6.42 Å². The zero-order chi connectivity index (χ0) is 10.1. The van der Waals surface area contributed by atoms with Crippen LogP contribution >= 0.6 is 0 Å². The summed E-state index contributed by atoms with van der Waals surface area (Å²) in [5.41, 5.74) is 0.810. The molecule has 0 N–H and O–H groups in total. The van der Waals surface area contributed by atoms with Crippen LogP contribution in [0.3, 0.4) is 0 Å². The zero-order valence-corrected chi connectivity index (χ0v) is 8.41. The largest absolute Gasteiger partial charge is 0.388 e. The van der Waals surface area contributed by atoms with Gasteiger partial charge in [-0.1, -0.05) is 37.3 Å². The molecule has 0 spiro atoms. The maximum absolute atomic E-state index is 11.0. The van der Waals surface area contributed by atoms with E-state index in [0.717, 1.165) is 5.56 Å². The highest BCUT2D eigenvalue weighted by molar-refractivity contribution is 5.95. The third-order valence-electron chi connectivity index (χ3n) is 1.42. The topological polar surface area (TPSA) is 26.3 Å². The van der Waals surface area contributed by atoms with Crippen LogP contribution in [0, 0.1) is 0 Å². The van der Waals surface area contributed by atoms with Gasteiger partial charge in [0, 0.05) is 26.2 Å². The van der Waals surface area contributed by atoms with E-state index in [1.54, 1.807) is 14.2 Å². The molecule has 2 nitrogen and oxygen atoms in total. The number of benzene rings is 1. The van der Waals surface area contributed by atoms with Crippen LogP contribution in [0.25, 0.3) is 0 Å². The fourth-order valence-electron chi connectivity index (χ4n) is 0.828. The molecule has 0 saturated carbocycles. The van der Waals surface area contributed by atoms with E-state index in [9.17, 15) is 4.79 Å². The minimum atomic E-state index is 0.209. The van der Waals surface area contributed by atoms with Gasteiger partial charge in [-0.2, -0.15) is 0 Å². The van der Waals surface area contributed by atoms with Gasteiger partial charge in [-0.25, -0.2) is 0 Å². The molecular formula is C11H16O2. The second kappa shape index (κ2) is 7.50. The van der Waals surface area contributed by atoms with E-state index in [2.05, 4.69) is 4.74 Å². The van der Waals surface area contributed by atoms with Crippen molar-refractivity contribution in [2.75, 3.05) is 14.2 Å². The van der Waals surface area contributed by atoms with Gasteiger partial charge in [0.15, 0.2) is 5.78 Å². The minimum Gasteiger partial charge on any atom is -0.388 e. The summed E-state index contributed by atoms with van der Waals surface area (Å²) in [4.78, 5) is 11.0. The Labute approximate surface area is 79.5 Å². The van der Waals surface area contributed by atoms with Crippen LogP contribution in [0.15, 0.2) is 30.3 Å². The zero-order valence-electron chi connectivity index (χ0n) is 8.41. The molecule has 0 saturated heterocycles. The van der Waals surface area contributed by atoms with Crippen LogP contribution in [0.2, 0.25) is 0 Å². The predicted molar refractivity (Wildman–Crippen MR) is 54.0 cm³/mol. The monoisotopic (exact) mass is 180 g/mol. The lowest BCUT2D eigenvalue weighted by Gasteiger charge is -1.93. The van der Waals surface area contributed by atoms with Crippen LogP contribution < -0.4 is 0 Å². The number of methoxy groups -OCH3 is 1. The molecule has 0 heterocycles. The molecule has 1 aromatic carbocycles. The molecular weight excluding hydrogens is 164 g/mol. The second-order valence-corrected chi connectivity index (χ2v) is 2.55. The number of hydrogen-bond donors (Lipinski definition) is 0. The van der Waals surface area contributed by atoms with E-state index in [1.165, 1.54) is 0 Å². The van der Waals surface area contributed by atoms with Crippen molar-refractivity contribution in [3.8, 4) is 0 Å². The first-order valence-electron chi connectivity index (χ1n) is 4.24. The Kier molecular flexibility index (Phi) is 6.83. The van der Waals surface area contributed by atoms with Gasteiger partial charge in [-0.05, 0) is 0 Å². The summed E-state index contributed by atoms with van der Waals surface area (Å²) in [5, 5.41) is 0. The molecule has 0 fully saturated rings. The third-order valence-corrected chi connectivity index (χ3v) is 1.42. The number of rotatable bonds is 2. The first-order chi connectivity index (χ1) is 6.26. The van der Waals surface area contributed by atoms with Gasteiger partial charge in [0.2, 0.25) is 0 Å². The smallest absolute Gasteiger partial charge is 0.162 e. The Balaban J connectivity index is 0.000000424. The van der Waals surface area contributed by atoms with E-state index in [4.69, 9.17) is 0 Å². The number of hydrogen-bond acceptors (Lipinski definition) is 2. The molecule has 0 aliphatic carbocycles. The summed E-state index contributed by atoms with van der Waals surface area (Å²) in [5.74, 6) is 0.209. The maximum Gasteiger partial charge on any atom is 0.162 e. The van der Waals surface area contributed by atoms with Gasteiger partial charge in [-0.15, -0.1) is 0 Å². The molecule has 0 radical (unpaired) electrons. The van der Waals surface area contributed by atoms with Gasteiger partial charge in [0.25, 0.3) is 0 Å². The molecule has 0 bridgehead atoms. The normalized spacial score (nSPS) is 8.54. The van der Waals surface area contributed by atoms with Crippen molar-refractivity contribution in [1.82, 2.24) is 0 Å². The summed E-state index contributed by atoms with van der Waals surface area (Å²) >= 11 is 0. The molecule has 1 rings (SSSR count). The molecule has 0 aromatic heterocycles. The van der Waals surface area contributed by atoms with Crippen molar-refractivity contribution in [2.24, 2.45) is 0 Å². The molecule has 0 atom stereocenters. The molecule has 0 amide bonds. The van der Waals surface area contributed by atoms with Crippen LogP contribution in [0.4, 0.5) is 0 Å². The van der Waals surface area contributed by atoms with Gasteiger partial charge in [0.05, 0.1) is 0 Å². The van der Waals surface area contributed by atoms with Crippen LogP contribution in [-0.2, 0) is 4.74 Å². The van der Waals surface area contributed by atoms with Crippen molar-refractivity contribution in [3.05, 3.63) is 35.9 Å². The Morgan fingerprint density at radius 1 is 1.23 bits per heavy atom. The van der Waals surface area contributed by atoms with Gasteiger partial charge < -0.3 is 4.74 Å². The standard InChI is InChI=1S/C9H10O.C2H6O/c1-2-9(10)8-6-4-3-5-7-8;1-3-2/h3-7H,2H2,1H3;1-2H3. The van der Waals surface area contributed by atoms with Crippen molar-refractivity contribution in [2.45, 2.75) is 13.3 Å². The van der Waals surface area contributed by atoms with Crippen LogP contribution in [-0.4, -0.2) is 20.0 Å². The van der Waals surface area contributed by atoms with Gasteiger partial charge in [0.1, 0.15) is 0 Å². The van der Waals surface area contributed by atoms with Gasteiger partial charge in [-0.3, -0.25) is 4.79 Å². The Bertz CT molecular complexity index is 229. The number of ether oxygens (including phenoxy) is 1. The minimum absolute atomic E-state index is 0.209. The molecule has 13 heavy (non-hydrogen) atoms. The highest BCUT2D eigenvalue weighted by Gasteiger charge is 1.98. The first kappa shape index (κ1) is 11.8. The van der Waals surface area contributed by atoms with Crippen molar-refractivity contribution in [1.29, 1.82) is 0 Å². The average Bonchev–Trinajstić information content (AvgIpc) is 2.19. The average molecular weight is 180 g/mol. The Morgan fingerprint density at radius 2 is 1.69 bits per heavy atom. The van der Waals surface area contributed by atoms with Crippen molar-refractivity contribution in [3.63, 3.8) is 0 Å². The SMILES string of the molecule is CCC(=O)c1ccccc1.COC. The Morgan fingerprint density at radius 3 is 2.08 bits per heavy atom. The van der Waals surface area contributed by atoms with Crippen LogP contribution in [0.5, 0.6) is 0 Å². The summed E-state index contributed by atoms with van der Waals surface area (Å²) in [6.45, 7) is 1.87. The van der Waals surface area contributed by atoms with Crippen LogP contribution in [0.1, 0.15) is 23.7 Å². The number of Topliss-reactive ketones (excluding diaryl/α,β-unsaturated/α-hetero) is 1. The quantitative estimate of drug-likeness (QED) is 0.654. The first-order valence-corrected chi connectivity index (χ1v) is 4.24. The summed E-state index contributed by atoms with van der Waals surface area (Å²) < 4.78 is 4.25. The lowest BCUT2D eigenvalue weighted by Crippen LogP contribution is -1.94. The molecule has 2 heteroatoms. The predicted octanol–water partition coefficient (Wildman–Crippen LogP) is 2.54. The lowest BCUT2D eigenvalue weighted by molar-refractivity contribution is 0.0988. The fourth-order valence-corrected chi connectivity index (χ4v) is 0.828. The number of ketones is 1. The summed E-state index contributed by atoms with van der Waals surface area (Å²) in [7, 11) is 3.25. The maximum atomic E-state index is 11.0. The van der Waals surface area contributed by atoms with Crippen molar-refractivity contribution < 1.29 is 9.53 Å². The third kappa shape index (κ3) is 5.15. The number of carbonyl (C=O) groups excluding carboxylic acids is 1. The van der Waals surface area contributed by atoms with E-state index >= 15 is 0 Å². The van der Waals surface area contributed by atoms with E-state index < -0.39 is 0 Å². The van der Waals surface area contributed by atoms with E-state index in [1.807, 2.05) is 37.3 Å². The fraction of sp³-hybridized carbons (Fsp3) is 0.364. The van der Waals surface area contributed by atoms with E-state index in [-0.39, 0.29) is 5.78 Å². The van der Waals surface area contributed by atoms with Crippen molar-refractivity contribution >= 4 is 5.78 Å². The second-order valence-electron chi connectivity index (χ2n) is 2.55. The Hall–Kier alpha value is -1.15. The number of carbonyl (C=O) groups is 1. The molecule has 1 aromatic rings. The molecule has 0 unspecified atom stereocenters. The highest BCUT2D eigenvalue weighted by Crippen LogP contribution is 2.01. The highest BCUT2D eigenvalue weighted by atomic mass is 16.4. The van der Waals surface area contributed by atoms with Gasteiger partial charge >= 0.3 is 0 Å². The molecule has 0 aliphatic heterocycles.